The minimum absolute atomic E-state index is 0.348. The summed E-state index contributed by atoms with van der Waals surface area (Å²) >= 11 is 7.21. The highest BCUT2D eigenvalue weighted by molar-refractivity contribution is 6.24. The van der Waals surface area contributed by atoms with Crippen LogP contribution in [0.4, 0.5) is 22.7 Å². The molecule has 0 aromatic heterocycles. The second-order valence-electron chi connectivity index (χ2n) is 11.4. The molecule has 0 aliphatic heterocycles. The average molecular weight is 579 g/mol. The lowest BCUT2D eigenvalue weighted by molar-refractivity contribution is 1.13. The third-order valence-corrected chi connectivity index (χ3v) is 7.68. The number of alkyl halides is 1. The van der Waals surface area contributed by atoms with Gasteiger partial charge in [-0.05, 0) is 81.9 Å². The zero-order valence-electron chi connectivity index (χ0n) is 26.1. The molecule has 0 saturated heterocycles. The lowest BCUT2D eigenvalue weighted by atomic mass is 9.93. The van der Waals surface area contributed by atoms with Crippen molar-refractivity contribution in [1.29, 1.82) is 0 Å². The Morgan fingerprint density at radius 2 is 0.595 bits per heavy atom. The van der Waals surface area contributed by atoms with Crippen molar-refractivity contribution in [3.8, 4) is 0 Å². The summed E-state index contributed by atoms with van der Waals surface area (Å²) in [5.41, 5.74) is 11.4. The van der Waals surface area contributed by atoms with Crippen molar-refractivity contribution in [2.75, 3.05) is 76.0 Å². The summed E-state index contributed by atoms with van der Waals surface area (Å²) < 4.78 is 0. The van der Waals surface area contributed by atoms with Gasteiger partial charge in [0, 0.05) is 79.1 Å². The largest absolute Gasteiger partial charge is 0.378 e. The molecule has 0 unspecified atom stereocenters. The first-order valence-electron chi connectivity index (χ1n) is 14.2. The van der Waals surface area contributed by atoms with Crippen LogP contribution >= 0.6 is 11.6 Å². The lowest BCUT2D eigenvalue weighted by Gasteiger charge is -2.18. The Bertz CT molecular complexity index is 1270. The van der Waals surface area contributed by atoms with Crippen LogP contribution in [0, 0.1) is 0 Å². The highest BCUT2D eigenvalue weighted by Crippen LogP contribution is 2.32. The van der Waals surface area contributed by atoms with E-state index in [1.807, 2.05) is 0 Å². The van der Waals surface area contributed by atoms with Gasteiger partial charge in [0.15, 0.2) is 0 Å². The third-order valence-electron chi connectivity index (χ3n) is 7.43. The number of rotatable bonds is 10. The Kier molecular flexibility index (Phi) is 10.0. The van der Waals surface area contributed by atoms with Crippen molar-refractivity contribution in [2.24, 2.45) is 0 Å². The molecule has 42 heavy (non-hydrogen) atoms. The number of hydrogen-bond acceptors (Lipinski definition) is 4. The van der Waals surface area contributed by atoms with E-state index >= 15 is 0 Å². The molecule has 0 amide bonds. The molecule has 0 bridgehead atoms. The van der Waals surface area contributed by atoms with Crippen molar-refractivity contribution >= 4 is 45.5 Å². The fraction of sp³-hybridized carbons (Fsp3) is 0.243. The van der Waals surface area contributed by atoms with Crippen molar-refractivity contribution in [3.63, 3.8) is 0 Å². The Morgan fingerprint density at radius 1 is 0.405 bits per heavy atom. The van der Waals surface area contributed by atoms with Gasteiger partial charge in [-0.2, -0.15) is 0 Å². The second kappa shape index (κ2) is 13.7. The van der Waals surface area contributed by atoms with Gasteiger partial charge in [0.2, 0.25) is 0 Å². The molecule has 0 N–H and O–H groups in total. The van der Waals surface area contributed by atoms with E-state index in [-0.39, 0.29) is 5.38 Å². The van der Waals surface area contributed by atoms with E-state index < -0.39 is 0 Å². The maximum Gasteiger partial charge on any atom is 0.0715 e. The van der Waals surface area contributed by atoms with Crippen molar-refractivity contribution in [2.45, 2.75) is 5.38 Å². The van der Waals surface area contributed by atoms with Crippen LogP contribution in [0.1, 0.15) is 22.3 Å². The predicted octanol–water partition coefficient (Wildman–Crippen LogP) is 8.12. The van der Waals surface area contributed by atoms with Crippen LogP contribution in [0.25, 0.3) is 11.1 Å². The summed E-state index contributed by atoms with van der Waals surface area (Å²) in [4.78, 5) is 8.45. The molecule has 5 heteroatoms. The Hall–Kier alpha value is -4.15. The maximum absolute atomic E-state index is 7.21. The summed E-state index contributed by atoms with van der Waals surface area (Å²) in [5, 5.41) is -0.348. The molecule has 0 atom stereocenters. The number of halogens is 1. The molecule has 4 rings (SSSR count). The highest BCUT2D eigenvalue weighted by Gasteiger charge is 2.13. The molecule has 0 radical (unpaired) electrons. The van der Waals surface area contributed by atoms with Crippen LogP contribution in [0.5, 0.6) is 0 Å². The zero-order chi connectivity index (χ0) is 30.4. The Balaban J connectivity index is 1.81. The van der Waals surface area contributed by atoms with Crippen molar-refractivity contribution in [1.82, 2.24) is 0 Å². The lowest BCUT2D eigenvalue weighted by Crippen LogP contribution is -2.09. The van der Waals surface area contributed by atoms with Gasteiger partial charge in [0.05, 0.1) is 5.38 Å². The summed E-state index contributed by atoms with van der Waals surface area (Å²) in [5.74, 6) is 0. The van der Waals surface area contributed by atoms with Crippen LogP contribution in [-0.2, 0) is 0 Å². The summed E-state index contributed by atoms with van der Waals surface area (Å²) in [6, 6.07) is 34.6. The predicted molar refractivity (Wildman–Crippen MR) is 187 cm³/mol. The highest BCUT2D eigenvalue weighted by atomic mass is 35.5. The van der Waals surface area contributed by atoms with E-state index in [1.54, 1.807) is 0 Å². The first-order valence-corrected chi connectivity index (χ1v) is 14.7. The summed E-state index contributed by atoms with van der Waals surface area (Å²) in [6.07, 6.45) is 4.33. The van der Waals surface area contributed by atoms with E-state index in [0.29, 0.717) is 0 Å². The molecule has 0 fully saturated rings. The zero-order valence-corrected chi connectivity index (χ0v) is 26.9. The fourth-order valence-electron chi connectivity index (χ4n) is 4.84. The smallest absolute Gasteiger partial charge is 0.0715 e. The van der Waals surface area contributed by atoms with Crippen LogP contribution in [0.3, 0.4) is 0 Å². The molecule has 4 nitrogen and oxygen atoms in total. The monoisotopic (exact) mass is 578 g/mol. The standard InChI is InChI=1S/C37H43ClN4/c1-39(2)32-17-9-27(10-18-32)36(28-11-19-33(20-12-28)40(3)4)25-31(38)26-37(29-13-21-34(22-14-29)41(5)6)30-15-23-35(24-16-30)42(7)8/h9-26,31H,1-8H3. The van der Waals surface area contributed by atoms with Crippen LogP contribution in [0.15, 0.2) is 109 Å². The molecule has 0 aliphatic rings. The van der Waals surface area contributed by atoms with Gasteiger partial charge < -0.3 is 19.6 Å². The number of allylic oxidation sites excluding steroid dienone is 2. The van der Waals surface area contributed by atoms with Crippen LogP contribution in [-0.4, -0.2) is 61.8 Å². The quantitative estimate of drug-likeness (QED) is 0.176. The third kappa shape index (κ3) is 7.57. The van der Waals surface area contributed by atoms with Crippen LogP contribution < -0.4 is 19.6 Å². The fourth-order valence-corrected chi connectivity index (χ4v) is 5.09. The SMILES string of the molecule is CN(C)c1ccc(C(=CC(Cl)C=C(c2ccc(N(C)C)cc2)c2ccc(N(C)C)cc2)c2ccc(N(C)C)cc2)cc1. The van der Waals surface area contributed by atoms with E-state index in [0.717, 1.165) is 56.1 Å². The summed E-state index contributed by atoms with van der Waals surface area (Å²) in [7, 11) is 16.5. The van der Waals surface area contributed by atoms with Crippen molar-refractivity contribution < 1.29 is 0 Å². The first kappa shape index (κ1) is 30.8. The van der Waals surface area contributed by atoms with Gasteiger partial charge in [-0.25, -0.2) is 0 Å². The molecular formula is C37H43ClN4. The van der Waals surface area contributed by atoms with Crippen LogP contribution in [0.2, 0.25) is 0 Å². The molecule has 0 saturated carbocycles. The Labute approximate surface area is 257 Å². The molecule has 0 aliphatic carbocycles. The molecule has 4 aromatic carbocycles. The minimum atomic E-state index is -0.348. The van der Waals surface area contributed by atoms with Gasteiger partial charge in [-0.1, -0.05) is 60.7 Å². The number of anilines is 4. The molecule has 4 aromatic rings. The molecule has 0 heterocycles. The van der Waals surface area contributed by atoms with E-state index in [1.165, 1.54) is 0 Å². The average Bonchev–Trinajstić information content (AvgIpc) is 2.99. The number of hydrogen-bond donors (Lipinski definition) is 0. The van der Waals surface area contributed by atoms with Gasteiger partial charge >= 0.3 is 0 Å². The van der Waals surface area contributed by atoms with Gasteiger partial charge in [-0.3, -0.25) is 0 Å². The van der Waals surface area contributed by atoms with E-state index in [2.05, 4.69) is 185 Å². The topological polar surface area (TPSA) is 13.0 Å². The molecule has 218 valence electrons. The van der Waals surface area contributed by atoms with Crippen molar-refractivity contribution in [3.05, 3.63) is 131 Å². The normalized spacial score (nSPS) is 10.7. The maximum atomic E-state index is 7.21. The number of nitrogens with zero attached hydrogens (tertiary/aromatic N) is 4. The number of benzene rings is 4. The Morgan fingerprint density at radius 3 is 0.762 bits per heavy atom. The van der Waals surface area contributed by atoms with E-state index in [9.17, 15) is 0 Å². The first-order chi connectivity index (χ1) is 20.0. The van der Waals surface area contributed by atoms with Gasteiger partial charge in [-0.15, -0.1) is 11.6 Å². The van der Waals surface area contributed by atoms with Gasteiger partial charge in [0.1, 0.15) is 0 Å². The molecule has 0 spiro atoms. The molecular weight excluding hydrogens is 536 g/mol. The van der Waals surface area contributed by atoms with E-state index in [4.69, 9.17) is 11.6 Å². The second-order valence-corrected chi connectivity index (χ2v) is 11.9. The minimum Gasteiger partial charge on any atom is -0.378 e. The summed E-state index contributed by atoms with van der Waals surface area (Å²) in [6.45, 7) is 0. The van der Waals surface area contributed by atoms with Gasteiger partial charge in [0.25, 0.3) is 0 Å².